The number of benzene rings is 2. The highest BCUT2D eigenvalue weighted by molar-refractivity contribution is 9.10. The number of carbonyl (C=O) groups is 2. The lowest BCUT2D eigenvalue weighted by molar-refractivity contribution is 0.0958. The number of anilines is 2. The van der Waals surface area contributed by atoms with Gasteiger partial charge in [-0.2, -0.15) is 0 Å². The Hall–Kier alpha value is -3.43. The van der Waals surface area contributed by atoms with Gasteiger partial charge in [0.25, 0.3) is 5.91 Å². The van der Waals surface area contributed by atoms with E-state index in [0.29, 0.717) is 28.4 Å². The number of amides is 3. The molecule has 0 aliphatic heterocycles. The van der Waals surface area contributed by atoms with Crippen molar-refractivity contribution >= 4 is 39.2 Å². The average molecular weight is 471 g/mol. The summed E-state index contributed by atoms with van der Waals surface area (Å²) < 4.78 is 6.52. The number of urea groups is 1. The molecule has 4 N–H and O–H groups in total. The van der Waals surface area contributed by atoms with Crippen LogP contribution in [0.3, 0.4) is 0 Å². The zero-order valence-corrected chi connectivity index (χ0v) is 17.6. The summed E-state index contributed by atoms with van der Waals surface area (Å²) in [6.07, 6.45) is 1.49. The van der Waals surface area contributed by atoms with Gasteiger partial charge < -0.3 is 25.8 Å². The van der Waals surface area contributed by atoms with Crippen molar-refractivity contribution in [3.05, 3.63) is 76.5 Å². The van der Waals surface area contributed by atoms with Gasteiger partial charge in [-0.3, -0.25) is 9.78 Å². The number of aliphatic hydroxyl groups is 1. The molecule has 8 nitrogen and oxygen atoms in total. The highest BCUT2D eigenvalue weighted by atomic mass is 79.9. The van der Waals surface area contributed by atoms with Gasteiger partial charge in [-0.25, -0.2) is 4.79 Å². The molecule has 0 bridgehead atoms. The number of hydrogen-bond donors (Lipinski definition) is 4. The molecule has 0 aliphatic rings. The Morgan fingerprint density at radius 1 is 1.03 bits per heavy atom. The first-order valence-electron chi connectivity index (χ1n) is 8.92. The predicted molar refractivity (Wildman–Crippen MR) is 117 cm³/mol. The SMILES string of the molecule is CNC(=O)c1cc(Oc2ccc(NC(=O)Nc3cc(Br)ccc3CO)cc2)ccn1. The van der Waals surface area contributed by atoms with E-state index in [-0.39, 0.29) is 18.2 Å². The molecule has 30 heavy (non-hydrogen) atoms. The van der Waals surface area contributed by atoms with E-state index < -0.39 is 6.03 Å². The van der Waals surface area contributed by atoms with Crippen molar-refractivity contribution in [2.75, 3.05) is 17.7 Å². The summed E-state index contributed by atoms with van der Waals surface area (Å²) in [5, 5.41) is 17.3. The number of ether oxygens (including phenoxy) is 1. The Labute approximate surface area is 181 Å². The standard InChI is InChI=1S/C21H19BrN4O4/c1-23-20(28)19-11-17(8-9-24-19)30-16-6-4-15(5-7-16)25-21(29)26-18-10-14(22)3-2-13(18)12-27/h2-11,27H,12H2,1H3,(H,23,28)(H2,25,26,29). The Morgan fingerprint density at radius 2 is 1.80 bits per heavy atom. The van der Waals surface area contributed by atoms with Gasteiger partial charge in [0.05, 0.1) is 6.61 Å². The summed E-state index contributed by atoms with van der Waals surface area (Å²) in [5.74, 6) is 0.693. The normalized spacial score (nSPS) is 10.2. The van der Waals surface area contributed by atoms with Gasteiger partial charge in [0.15, 0.2) is 0 Å². The molecule has 3 aromatic rings. The minimum atomic E-state index is -0.444. The van der Waals surface area contributed by atoms with Crippen molar-refractivity contribution in [1.82, 2.24) is 10.3 Å². The molecule has 3 rings (SSSR count). The smallest absolute Gasteiger partial charge is 0.323 e. The minimum absolute atomic E-state index is 0.189. The first kappa shape index (κ1) is 21.3. The molecule has 9 heteroatoms. The van der Waals surface area contributed by atoms with Gasteiger partial charge >= 0.3 is 6.03 Å². The van der Waals surface area contributed by atoms with Gasteiger partial charge in [0.2, 0.25) is 0 Å². The van der Waals surface area contributed by atoms with Gasteiger partial charge in [-0.15, -0.1) is 0 Å². The Kier molecular flexibility index (Phi) is 6.99. The number of aromatic nitrogens is 1. The third-order valence-electron chi connectivity index (χ3n) is 4.03. The van der Waals surface area contributed by atoms with Crippen LogP contribution in [0.4, 0.5) is 16.2 Å². The lowest BCUT2D eigenvalue weighted by atomic mass is 10.2. The maximum absolute atomic E-state index is 12.3. The highest BCUT2D eigenvalue weighted by Gasteiger charge is 2.09. The maximum atomic E-state index is 12.3. The fourth-order valence-corrected chi connectivity index (χ4v) is 2.92. The Morgan fingerprint density at radius 3 is 2.50 bits per heavy atom. The van der Waals surface area contributed by atoms with E-state index in [4.69, 9.17) is 4.74 Å². The second-order valence-corrected chi connectivity index (χ2v) is 7.04. The van der Waals surface area contributed by atoms with E-state index in [1.807, 2.05) is 0 Å². The van der Waals surface area contributed by atoms with E-state index in [1.54, 1.807) is 48.5 Å². The third-order valence-corrected chi connectivity index (χ3v) is 4.52. The van der Waals surface area contributed by atoms with Crippen LogP contribution in [0.2, 0.25) is 0 Å². The van der Waals surface area contributed by atoms with Crippen LogP contribution in [0.15, 0.2) is 65.3 Å². The molecule has 0 spiro atoms. The number of hydrogen-bond acceptors (Lipinski definition) is 5. The minimum Gasteiger partial charge on any atom is -0.457 e. The largest absolute Gasteiger partial charge is 0.457 e. The van der Waals surface area contributed by atoms with Gasteiger partial charge in [-0.1, -0.05) is 22.0 Å². The zero-order chi connectivity index (χ0) is 21.5. The number of halogens is 1. The number of pyridine rings is 1. The number of aliphatic hydroxyl groups excluding tert-OH is 1. The van der Waals surface area contributed by atoms with Gasteiger partial charge in [0.1, 0.15) is 17.2 Å². The van der Waals surface area contributed by atoms with E-state index in [9.17, 15) is 14.7 Å². The van der Waals surface area contributed by atoms with Crippen LogP contribution < -0.4 is 20.7 Å². The van der Waals surface area contributed by atoms with Crippen molar-refractivity contribution in [3.63, 3.8) is 0 Å². The molecule has 1 heterocycles. The molecule has 2 aromatic carbocycles. The molecule has 0 aliphatic carbocycles. The van der Waals surface area contributed by atoms with E-state index >= 15 is 0 Å². The summed E-state index contributed by atoms with van der Waals surface area (Å²) >= 11 is 3.34. The molecule has 0 saturated heterocycles. The van der Waals surface area contributed by atoms with Crippen LogP contribution in [0.5, 0.6) is 11.5 Å². The Balaban J connectivity index is 1.63. The molecule has 1 aromatic heterocycles. The van der Waals surface area contributed by atoms with Crippen molar-refractivity contribution in [1.29, 1.82) is 0 Å². The van der Waals surface area contributed by atoms with Crippen LogP contribution in [0.25, 0.3) is 0 Å². The topological polar surface area (TPSA) is 113 Å². The second kappa shape index (κ2) is 9.86. The van der Waals surface area contributed by atoms with Crippen LogP contribution >= 0.6 is 15.9 Å². The van der Waals surface area contributed by atoms with Crippen molar-refractivity contribution in [3.8, 4) is 11.5 Å². The first-order valence-corrected chi connectivity index (χ1v) is 9.71. The second-order valence-electron chi connectivity index (χ2n) is 6.12. The van der Waals surface area contributed by atoms with E-state index in [0.717, 1.165) is 4.47 Å². The lowest BCUT2D eigenvalue weighted by Crippen LogP contribution is -2.20. The fourth-order valence-electron chi connectivity index (χ4n) is 2.56. The van der Waals surface area contributed by atoms with Gasteiger partial charge in [-0.05, 0) is 42.5 Å². The molecule has 3 amide bonds. The summed E-state index contributed by atoms with van der Waals surface area (Å²) in [7, 11) is 1.53. The number of rotatable bonds is 6. The molecule has 154 valence electrons. The summed E-state index contributed by atoms with van der Waals surface area (Å²) in [6.45, 7) is -0.189. The number of nitrogens with one attached hydrogen (secondary N) is 3. The average Bonchev–Trinajstić information content (AvgIpc) is 2.75. The molecule has 0 radical (unpaired) electrons. The quantitative estimate of drug-likeness (QED) is 0.432. The van der Waals surface area contributed by atoms with Crippen LogP contribution in [0, 0.1) is 0 Å². The summed E-state index contributed by atoms with van der Waals surface area (Å²) in [5.41, 5.74) is 1.92. The lowest BCUT2D eigenvalue weighted by Gasteiger charge is -2.12. The van der Waals surface area contributed by atoms with E-state index in [1.165, 1.54) is 19.3 Å². The monoisotopic (exact) mass is 470 g/mol. The summed E-state index contributed by atoms with van der Waals surface area (Å²) in [6, 6.07) is 14.7. The molecule has 0 atom stereocenters. The fraction of sp³-hybridized carbons (Fsp3) is 0.0952. The third kappa shape index (κ3) is 5.56. The molecular weight excluding hydrogens is 452 g/mol. The zero-order valence-electron chi connectivity index (χ0n) is 16.0. The molecule has 0 saturated carbocycles. The highest BCUT2D eigenvalue weighted by Crippen LogP contribution is 2.24. The maximum Gasteiger partial charge on any atom is 0.323 e. The number of carbonyl (C=O) groups excluding carboxylic acids is 2. The number of nitrogens with zero attached hydrogens (tertiary/aromatic N) is 1. The predicted octanol–water partition coefficient (Wildman–Crippen LogP) is 4.13. The van der Waals surface area contributed by atoms with Crippen LogP contribution in [-0.2, 0) is 6.61 Å². The van der Waals surface area contributed by atoms with Crippen LogP contribution in [-0.4, -0.2) is 29.1 Å². The van der Waals surface area contributed by atoms with Crippen molar-refractivity contribution < 1.29 is 19.4 Å². The van der Waals surface area contributed by atoms with Crippen molar-refractivity contribution in [2.45, 2.75) is 6.61 Å². The molecule has 0 fully saturated rings. The molecule has 0 unspecified atom stereocenters. The van der Waals surface area contributed by atoms with Crippen LogP contribution in [0.1, 0.15) is 16.1 Å². The Bertz CT molecular complexity index is 1060. The molecular formula is C21H19BrN4O4. The first-order chi connectivity index (χ1) is 14.5. The summed E-state index contributed by atoms with van der Waals surface area (Å²) in [4.78, 5) is 27.9. The van der Waals surface area contributed by atoms with E-state index in [2.05, 4.69) is 36.9 Å². The van der Waals surface area contributed by atoms with Gasteiger partial charge in [0, 0.05) is 40.7 Å². The van der Waals surface area contributed by atoms with Crippen molar-refractivity contribution in [2.24, 2.45) is 0 Å².